The number of hydrogen-bond acceptors (Lipinski definition) is 7. The van der Waals surface area contributed by atoms with Crippen LogP contribution in [0.4, 0.5) is 11.6 Å². The highest BCUT2D eigenvalue weighted by atomic mass is 32.2. The van der Waals surface area contributed by atoms with Gasteiger partial charge in [0.05, 0.1) is 5.69 Å². The van der Waals surface area contributed by atoms with E-state index < -0.39 is 9.52 Å². The Morgan fingerprint density at radius 2 is 1.82 bits per heavy atom. The van der Waals surface area contributed by atoms with Crippen LogP contribution in [0.2, 0.25) is 0 Å². The van der Waals surface area contributed by atoms with Gasteiger partial charge < -0.3 is 10.2 Å². The Balaban J connectivity index is 1.29. The Kier molecular flexibility index (Phi) is 5.68. The second-order valence-electron chi connectivity index (χ2n) is 8.38. The van der Waals surface area contributed by atoms with Crippen LogP contribution in [0.5, 0.6) is 0 Å². The summed E-state index contributed by atoms with van der Waals surface area (Å²) in [5.41, 5.74) is 3.99. The zero-order chi connectivity index (χ0) is 22.8. The van der Waals surface area contributed by atoms with Gasteiger partial charge in [0, 0.05) is 72.6 Å². The molecule has 7 nitrogen and oxygen atoms in total. The Morgan fingerprint density at radius 3 is 2.58 bits per heavy atom. The predicted octanol–water partition coefficient (Wildman–Crippen LogP) is 3.54. The number of anilines is 2. The summed E-state index contributed by atoms with van der Waals surface area (Å²) < 4.78 is 12.1. The van der Waals surface area contributed by atoms with Crippen molar-refractivity contribution in [1.82, 2.24) is 19.9 Å². The lowest BCUT2D eigenvalue weighted by molar-refractivity contribution is 0.670. The maximum absolute atomic E-state index is 12.1. The molecule has 1 saturated heterocycles. The van der Waals surface area contributed by atoms with Crippen LogP contribution < -0.4 is 10.2 Å². The Morgan fingerprint density at radius 1 is 1.00 bits per heavy atom. The topological polar surface area (TPSA) is 83.9 Å². The highest BCUT2D eigenvalue weighted by molar-refractivity contribution is 8.00. The quantitative estimate of drug-likeness (QED) is 0.458. The zero-order valence-corrected chi connectivity index (χ0v) is 19.4. The fraction of sp³-hybridized carbons (Fsp3) is 0.240. The minimum Gasteiger partial charge on any atom is -0.365 e. The standard InChI is InChI=1S/C25H26N6OS/c1-18-13-21(6-7-26-18)23-14-20-5-8-27-25(22(20)17-28-23)30-16-19-3-4-24(29-15-19)31-9-11-33(2,32)12-10-31/h3-8,13-15,17H,2,9-12,16H2,1H3,(H,27,30). The number of fused-ring (bicyclic) bond motifs is 1. The molecule has 0 aromatic carbocycles. The van der Waals surface area contributed by atoms with Crippen LogP contribution in [0, 0.1) is 6.92 Å². The van der Waals surface area contributed by atoms with Crippen LogP contribution in [-0.2, 0) is 16.1 Å². The molecule has 0 spiro atoms. The normalized spacial score (nSPS) is 15.5. The molecule has 1 N–H and O–H groups in total. The molecule has 0 atom stereocenters. The van der Waals surface area contributed by atoms with Crippen molar-refractivity contribution in [2.24, 2.45) is 0 Å². The lowest BCUT2D eigenvalue weighted by atomic mass is 10.1. The van der Waals surface area contributed by atoms with Gasteiger partial charge in [-0.1, -0.05) is 6.07 Å². The van der Waals surface area contributed by atoms with Gasteiger partial charge in [0.25, 0.3) is 0 Å². The summed E-state index contributed by atoms with van der Waals surface area (Å²) in [7, 11) is -1.90. The van der Waals surface area contributed by atoms with Crippen LogP contribution in [0.25, 0.3) is 22.0 Å². The minimum atomic E-state index is -1.90. The van der Waals surface area contributed by atoms with Crippen LogP contribution in [0.15, 0.2) is 61.2 Å². The number of rotatable bonds is 5. The van der Waals surface area contributed by atoms with Gasteiger partial charge in [-0.15, -0.1) is 0 Å². The number of nitrogens with one attached hydrogen (secondary N) is 1. The van der Waals surface area contributed by atoms with E-state index in [1.807, 2.05) is 49.8 Å². The number of nitrogens with zero attached hydrogens (tertiary/aromatic N) is 5. The van der Waals surface area contributed by atoms with Crippen molar-refractivity contribution in [3.8, 4) is 11.3 Å². The molecule has 33 heavy (non-hydrogen) atoms. The van der Waals surface area contributed by atoms with Gasteiger partial charge in [-0.25, -0.2) is 9.97 Å². The molecule has 8 heteroatoms. The summed E-state index contributed by atoms with van der Waals surface area (Å²) in [5.74, 6) is 6.79. The van der Waals surface area contributed by atoms with Gasteiger partial charge in [-0.2, -0.15) is 0 Å². The van der Waals surface area contributed by atoms with Gasteiger partial charge in [0.1, 0.15) is 11.6 Å². The van der Waals surface area contributed by atoms with E-state index in [2.05, 4.69) is 48.2 Å². The molecule has 4 aromatic heterocycles. The summed E-state index contributed by atoms with van der Waals surface area (Å²) >= 11 is 0. The van der Waals surface area contributed by atoms with Gasteiger partial charge in [-0.3, -0.25) is 14.2 Å². The summed E-state index contributed by atoms with van der Waals surface area (Å²) in [6.07, 6.45) is 7.37. The van der Waals surface area contributed by atoms with Crippen molar-refractivity contribution in [2.45, 2.75) is 13.5 Å². The van der Waals surface area contributed by atoms with E-state index in [1.54, 1.807) is 6.20 Å². The largest absolute Gasteiger partial charge is 0.365 e. The number of pyridine rings is 4. The van der Waals surface area contributed by atoms with E-state index in [0.717, 1.165) is 58.0 Å². The smallest absolute Gasteiger partial charge is 0.135 e. The maximum atomic E-state index is 12.1. The third kappa shape index (κ3) is 4.80. The van der Waals surface area contributed by atoms with Crippen molar-refractivity contribution in [3.63, 3.8) is 0 Å². The number of hydrogen-bond donors (Lipinski definition) is 1. The van der Waals surface area contributed by atoms with E-state index in [0.29, 0.717) is 18.1 Å². The minimum absolute atomic E-state index is 0.609. The van der Waals surface area contributed by atoms with E-state index in [4.69, 9.17) is 0 Å². The molecule has 0 aliphatic carbocycles. The second-order valence-corrected chi connectivity index (χ2v) is 11.1. The molecule has 5 rings (SSSR count). The van der Waals surface area contributed by atoms with E-state index in [1.165, 1.54) is 0 Å². The first kappa shape index (κ1) is 21.3. The van der Waals surface area contributed by atoms with Crippen molar-refractivity contribution >= 4 is 37.8 Å². The average molecular weight is 459 g/mol. The summed E-state index contributed by atoms with van der Waals surface area (Å²) in [5, 5.41) is 5.47. The van der Waals surface area contributed by atoms with Crippen molar-refractivity contribution in [2.75, 3.05) is 34.8 Å². The molecule has 0 radical (unpaired) electrons. The third-order valence-electron chi connectivity index (χ3n) is 5.90. The maximum Gasteiger partial charge on any atom is 0.135 e. The molecule has 0 bridgehead atoms. The fourth-order valence-electron chi connectivity index (χ4n) is 3.96. The molecule has 0 amide bonds. The Hall–Kier alpha value is -3.52. The van der Waals surface area contributed by atoms with Crippen molar-refractivity contribution in [1.29, 1.82) is 0 Å². The van der Waals surface area contributed by atoms with Crippen LogP contribution in [0.3, 0.4) is 0 Å². The molecule has 168 valence electrons. The molecule has 1 aliphatic heterocycles. The molecule has 0 unspecified atom stereocenters. The molecule has 4 aromatic rings. The number of aromatic nitrogens is 4. The summed E-state index contributed by atoms with van der Waals surface area (Å²) in [4.78, 5) is 20.2. The Bertz CT molecular complexity index is 1390. The zero-order valence-electron chi connectivity index (χ0n) is 18.6. The highest BCUT2D eigenvalue weighted by Gasteiger charge is 2.18. The van der Waals surface area contributed by atoms with E-state index in [9.17, 15) is 4.21 Å². The first-order chi connectivity index (χ1) is 16.0. The average Bonchev–Trinajstić information content (AvgIpc) is 2.83. The van der Waals surface area contributed by atoms with Crippen molar-refractivity contribution < 1.29 is 4.21 Å². The molecule has 1 aliphatic rings. The summed E-state index contributed by atoms with van der Waals surface area (Å²) in [6, 6.07) is 12.2. The van der Waals surface area contributed by atoms with Crippen LogP contribution in [0.1, 0.15) is 11.3 Å². The van der Waals surface area contributed by atoms with Crippen LogP contribution in [-0.4, -0.2) is 54.6 Å². The van der Waals surface area contributed by atoms with E-state index >= 15 is 0 Å². The number of aryl methyl sites for hydroxylation is 1. The fourth-order valence-corrected chi connectivity index (χ4v) is 5.27. The Labute approximate surface area is 194 Å². The summed E-state index contributed by atoms with van der Waals surface area (Å²) in [6.45, 7) is 4.06. The molecule has 5 heterocycles. The highest BCUT2D eigenvalue weighted by Crippen LogP contribution is 2.26. The van der Waals surface area contributed by atoms with E-state index in [-0.39, 0.29) is 0 Å². The molecular weight excluding hydrogens is 432 g/mol. The molecule has 1 fully saturated rings. The van der Waals surface area contributed by atoms with Gasteiger partial charge in [0.15, 0.2) is 0 Å². The van der Waals surface area contributed by atoms with Crippen molar-refractivity contribution in [3.05, 3.63) is 72.4 Å². The predicted molar refractivity (Wildman–Crippen MR) is 136 cm³/mol. The third-order valence-corrected chi connectivity index (χ3v) is 7.75. The molecule has 0 saturated carbocycles. The van der Waals surface area contributed by atoms with Gasteiger partial charge in [0.2, 0.25) is 0 Å². The first-order valence-electron chi connectivity index (χ1n) is 10.9. The second kappa shape index (κ2) is 8.78. The van der Waals surface area contributed by atoms with Crippen LogP contribution >= 0.6 is 0 Å². The monoisotopic (exact) mass is 458 g/mol. The van der Waals surface area contributed by atoms with Gasteiger partial charge >= 0.3 is 0 Å². The SMILES string of the molecule is C=S1(=O)CCN(c2ccc(CNc3nccc4cc(-c5ccnc(C)c5)ncc34)cn2)CC1. The molecular formula is C25H26N6OS. The lowest BCUT2D eigenvalue weighted by Crippen LogP contribution is -2.40. The van der Waals surface area contributed by atoms with Gasteiger partial charge in [-0.05, 0) is 63.6 Å². The lowest BCUT2D eigenvalue weighted by Gasteiger charge is -2.29. The first-order valence-corrected chi connectivity index (χ1v) is 13.0.